The standard InChI is InChI=1S/C13H14O4/c14-10-7-15-11-8-17-12(10)13(11)16-6-9-4-2-1-3-5-9/h1-5,11-13H,6-8H2. The van der Waals surface area contributed by atoms with Crippen LogP contribution in [0.15, 0.2) is 30.3 Å². The molecule has 2 bridgehead atoms. The van der Waals surface area contributed by atoms with E-state index >= 15 is 0 Å². The van der Waals surface area contributed by atoms with Crippen molar-refractivity contribution < 1.29 is 19.0 Å². The fourth-order valence-electron chi connectivity index (χ4n) is 2.23. The van der Waals surface area contributed by atoms with Crippen LogP contribution in [0.3, 0.4) is 0 Å². The molecule has 2 aliphatic heterocycles. The molecule has 4 heteroatoms. The molecule has 90 valence electrons. The SMILES string of the molecule is O=C1COC2COC1C2OCc1ccccc1. The lowest BCUT2D eigenvalue weighted by Gasteiger charge is -2.27. The molecule has 3 atom stereocenters. The van der Waals surface area contributed by atoms with Crippen molar-refractivity contribution in [2.75, 3.05) is 13.2 Å². The van der Waals surface area contributed by atoms with Gasteiger partial charge in [0.15, 0.2) is 5.78 Å². The lowest BCUT2D eigenvalue weighted by Crippen LogP contribution is -2.46. The van der Waals surface area contributed by atoms with E-state index in [1.165, 1.54) is 0 Å². The highest BCUT2D eigenvalue weighted by Gasteiger charge is 2.47. The molecular formula is C13H14O4. The summed E-state index contributed by atoms with van der Waals surface area (Å²) in [4.78, 5) is 11.5. The summed E-state index contributed by atoms with van der Waals surface area (Å²) < 4.78 is 16.5. The minimum atomic E-state index is -0.433. The first kappa shape index (κ1) is 10.9. The maximum atomic E-state index is 11.5. The first-order valence-electron chi connectivity index (χ1n) is 5.76. The quantitative estimate of drug-likeness (QED) is 0.780. The summed E-state index contributed by atoms with van der Waals surface area (Å²) in [5.74, 6) is -0.0168. The highest BCUT2D eigenvalue weighted by Crippen LogP contribution is 2.26. The van der Waals surface area contributed by atoms with Gasteiger partial charge < -0.3 is 14.2 Å². The van der Waals surface area contributed by atoms with Crippen molar-refractivity contribution in [1.82, 2.24) is 0 Å². The number of Topliss-reactive ketones (excluding diaryl/α,β-unsaturated/α-hetero) is 1. The largest absolute Gasteiger partial charge is 0.368 e. The van der Waals surface area contributed by atoms with Crippen molar-refractivity contribution in [3.8, 4) is 0 Å². The third-order valence-electron chi connectivity index (χ3n) is 3.15. The van der Waals surface area contributed by atoms with E-state index in [9.17, 15) is 4.79 Å². The minimum absolute atomic E-state index is 0.0168. The predicted molar refractivity (Wildman–Crippen MR) is 59.5 cm³/mol. The first-order valence-corrected chi connectivity index (χ1v) is 5.76. The maximum absolute atomic E-state index is 11.5. The van der Waals surface area contributed by atoms with Crippen molar-refractivity contribution in [2.24, 2.45) is 0 Å². The average Bonchev–Trinajstić information content (AvgIpc) is 2.68. The number of hydrogen-bond acceptors (Lipinski definition) is 4. The van der Waals surface area contributed by atoms with E-state index < -0.39 is 6.10 Å². The molecule has 17 heavy (non-hydrogen) atoms. The van der Waals surface area contributed by atoms with Crippen LogP contribution in [-0.2, 0) is 25.6 Å². The summed E-state index contributed by atoms with van der Waals surface area (Å²) in [5.41, 5.74) is 1.09. The van der Waals surface area contributed by atoms with Crippen LogP contribution in [0, 0.1) is 0 Å². The van der Waals surface area contributed by atoms with Crippen LogP contribution in [0.5, 0.6) is 0 Å². The molecule has 2 heterocycles. The summed E-state index contributed by atoms with van der Waals surface area (Å²) >= 11 is 0. The van der Waals surface area contributed by atoms with Crippen molar-refractivity contribution in [2.45, 2.75) is 24.9 Å². The van der Waals surface area contributed by atoms with Crippen LogP contribution in [-0.4, -0.2) is 37.3 Å². The molecule has 1 aromatic carbocycles. The van der Waals surface area contributed by atoms with E-state index in [0.29, 0.717) is 13.2 Å². The summed E-state index contributed by atoms with van der Waals surface area (Å²) in [6.07, 6.45) is -0.782. The van der Waals surface area contributed by atoms with Gasteiger partial charge in [0.05, 0.1) is 13.2 Å². The van der Waals surface area contributed by atoms with Gasteiger partial charge in [-0.05, 0) is 5.56 Å². The molecule has 0 amide bonds. The summed E-state index contributed by atoms with van der Waals surface area (Å²) in [6, 6.07) is 9.88. The Bertz CT molecular complexity index is 403. The zero-order valence-corrected chi connectivity index (χ0v) is 9.37. The summed E-state index contributed by atoms with van der Waals surface area (Å²) in [5, 5.41) is 0. The molecule has 0 spiro atoms. The second-order valence-corrected chi connectivity index (χ2v) is 4.33. The number of ketones is 1. The molecule has 2 saturated heterocycles. The van der Waals surface area contributed by atoms with Gasteiger partial charge >= 0.3 is 0 Å². The van der Waals surface area contributed by atoms with Gasteiger partial charge in [0.1, 0.15) is 24.9 Å². The van der Waals surface area contributed by atoms with Crippen LogP contribution in [0.25, 0.3) is 0 Å². The monoisotopic (exact) mass is 234 g/mol. The Kier molecular flexibility index (Phi) is 2.93. The number of hydrogen-bond donors (Lipinski definition) is 0. The average molecular weight is 234 g/mol. The van der Waals surface area contributed by atoms with E-state index in [1.54, 1.807) is 0 Å². The highest BCUT2D eigenvalue weighted by molar-refractivity contribution is 5.86. The van der Waals surface area contributed by atoms with Crippen molar-refractivity contribution in [3.63, 3.8) is 0 Å². The normalized spacial score (nSPS) is 31.8. The number of benzene rings is 1. The zero-order chi connectivity index (χ0) is 11.7. The van der Waals surface area contributed by atoms with Gasteiger partial charge in [-0.15, -0.1) is 0 Å². The first-order chi connectivity index (χ1) is 8.34. The molecule has 0 aromatic heterocycles. The smallest absolute Gasteiger partial charge is 0.189 e. The molecule has 3 unspecified atom stereocenters. The van der Waals surface area contributed by atoms with Crippen molar-refractivity contribution in [3.05, 3.63) is 35.9 Å². The molecular weight excluding hydrogens is 220 g/mol. The third kappa shape index (κ3) is 2.11. The Hall–Kier alpha value is -1.23. The predicted octanol–water partition coefficient (Wildman–Crippen LogP) is 0.938. The molecule has 0 radical (unpaired) electrons. The van der Waals surface area contributed by atoms with Crippen molar-refractivity contribution >= 4 is 5.78 Å². The van der Waals surface area contributed by atoms with Gasteiger partial charge in [0.25, 0.3) is 0 Å². The second-order valence-electron chi connectivity index (χ2n) is 4.33. The van der Waals surface area contributed by atoms with Crippen LogP contribution in [0.1, 0.15) is 5.56 Å². The molecule has 4 nitrogen and oxygen atoms in total. The fraction of sp³-hybridized carbons (Fsp3) is 0.462. The number of ether oxygens (including phenoxy) is 3. The molecule has 1 aromatic rings. The minimum Gasteiger partial charge on any atom is -0.368 e. The summed E-state index contributed by atoms with van der Waals surface area (Å²) in [6.45, 7) is 1.09. The molecule has 2 fully saturated rings. The van der Waals surface area contributed by atoms with Gasteiger partial charge in [-0.3, -0.25) is 4.79 Å². The van der Waals surface area contributed by atoms with Gasteiger partial charge in [-0.2, -0.15) is 0 Å². The Morgan fingerprint density at radius 1 is 1.24 bits per heavy atom. The zero-order valence-electron chi connectivity index (χ0n) is 9.37. The fourth-order valence-corrected chi connectivity index (χ4v) is 2.23. The Morgan fingerprint density at radius 2 is 2.06 bits per heavy atom. The molecule has 0 N–H and O–H groups in total. The van der Waals surface area contributed by atoms with Crippen molar-refractivity contribution in [1.29, 1.82) is 0 Å². The molecule has 0 saturated carbocycles. The van der Waals surface area contributed by atoms with Gasteiger partial charge in [-0.25, -0.2) is 0 Å². The van der Waals surface area contributed by atoms with Gasteiger partial charge in [-0.1, -0.05) is 30.3 Å². The highest BCUT2D eigenvalue weighted by atomic mass is 16.6. The van der Waals surface area contributed by atoms with E-state index in [1.807, 2.05) is 30.3 Å². The van der Waals surface area contributed by atoms with Gasteiger partial charge in [0, 0.05) is 0 Å². The van der Waals surface area contributed by atoms with Crippen LogP contribution < -0.4 is 0 Å². The number of fused-ring (bicyclic) bond motifs is 2. The number of rotatable bonds is 3. The van der Waals surface area contributed by atoms with Gasteiger partial charge in [0.2, 0.25) is 0 Å². The maximum Gasteiger partial charge on any atom is 0.189 e. The molecule has 3 rings (SSSR count). The van der Waals surface area contributed by atoms with Crippen LogP contribution in [0.4, 0.5) is 0 Å². The lowest BCUT2D eigenvalue weighted by molar-refractivity contribution is -0.152. The van der Waals surface area contributed by atoms with E-state index in [-0.39, 0.29) is 24.6 Å². The topological polar surface area (TPSA) is 44.8 Å². The second kappa shape index (κ2) is 4.56. The van der Waals surface area contributed by atoms with E-state index in [2.05, 4.69) is 0 Å². The van der Waals surface area contributed by atoms with E-state index in [0.717, 1.165) is 5.56 Å². The van der Waals surface area contributed by atoms with E-state index in [4.69, 9.17) is 14.2 Å². The Labute approximate surface area is 99.5 Å². The van der Waals surface area contributed by atoms with Crippen LogP contribution in [0.2, 0.25) is 0 Å². The Balaban J connectivity index is 1.64. The molecule has 2 aliphatic rings. The molecule has 0 aliphatic carbocycles. The number of carbonyl (C=O) groups is 1. The Morgan fingerprint density at radius 3 is 2.88 bits per heavy atom. The lowest BCUT2D eigenvalue weighted by atomic mass is 10.0. The summed E-state index contributed by atoms with van der Waals surface area (Å²) in [7, 11) is 0. The third-order valence-corrected chi connectivity index (χ3v) is 3.15. The number of carbonyl (C=O) groups excluding carboxylic acids is 1. The van der Waals surface area contributed by atoms with Crippen LogP contribution >= 0.6 is 0 Å².